The van der Waals surface area contributed by atoms with Gasteiger partial charge in [0.2, 0.25) is 0 Å². The second-order valence-corrected chi connectivity index (χ2v) is 5.46. The van der Waals surface area contributed by atoms with Crippen molar-refractivity contribution in [1.82, 2.24) is 0 Å². The van der Waals surface area contributed by atoms with Crippen LogP contribution < -0.4 is 5.32 Å². The third kappa shape index (κ3) is 4.34. The molecule has 0 amide bonds. The number of thioether (sulfide) groups is 1. The van der Waals surface area contributed by atoms with Crippen LogP contribution in [0.4, 0.5) is 37.7 Å². The maximum absolute atomic E-state index is 12.8. The first-order valence-corrected chi connectivity index (χ1v) is 7.53. The molecule has 0 aromatic heterocycles. The lowest BCUT2D eigenvalue weighted by Crippen LogP contribution is -2.07. The highest BCUT2D eigenvalue weighted by Gasteiger charge is 2.33. The van der Waals surface area contributed by atoms with E-state index < -0.39 is 23.5 Å². The summed E-state index contributed by atoms with van der Waals surface area (Å²) in [6.07, 6.45) is -7.36. The summed E-state index contributed by atoms with van der Waals surface area (Å²) in [5, 5.41) is 2.79. The molecule has 124 valence electrons. The van der Waals surface area contributed by atoms with Crippen LogP contribution >= 0.6 is 11.8 Å². The first-order chi connectivity index (χ1) is 10.6. The smallest absolute Gasteiger partial charge is 0.355 e. The lowest BCUT2D eigenvalue weighted by atomic mass is 10.1. The Kier molecular flexibility index (Phi) is 4.84. The normalized spacial score (nSPS) is 12.3. The van der Waals surface area contributed by atoms with E-state index in [9.17, 15) is 26.3 Å². The molecule has 0 atom stereocenters. The van der Waals surface area contributed by atoms with E-state index in [0.29, 0.717) is 11.4 Å². The molecule has 0 aliphatic rings. The highest BCUT2D eigenvalue weighted by molar-refractivity contribution is 7.98. The fourth-order valence-corrected chi connectivity index (χ4v) is 2.56. The summed E-state index contributed by atoms with van der Waals surface area (Å²) >= 11 is 0.944. The lowest BCUT2D eigenvalue weighted by molar-refractivity contribution is -0.140. The lowest BCUT2D eigenvalue weighted by Gasteiger charge is -2.14. The van der Waals surface area contributed by atoms with Crippen molar-refractivity contribution in [3.05, 3.63) is 53.6 Å². The summed E-state index contributed by atoms with van der Waals surface area (Å²) in [4.78, 5) is 0.0365. The Morgan fingerprint density at radius 2 is 1.35 bits per heavy atom. The fraction of sp³-hybridized carbons (Fsp3) is 0.200. The zero-order valence-corrected chi connectivity index (χ0v) is 12.5. The van der Waals surface area contributed by atoms with Crippen LogP contribution in [0.1, 0.15) is 11.1 Å². The fourth-order valence-electron chi connectivity index (χ4n) is 1.91. The van der Waals surface area contributed by atoms with Gasteiger partial charge in [0, 0.05) is 16.3 Å². The number of nitrogens with one attached hydrogen (secondary N) is 1. The zero-order valence-electron chi connectivity index (χ0n) is 11.7. The average Bonchev–Trinajstić information content (AvgIpc) is 2.45. The van der Waals surface area contributed by atoms with Crippen LogP contribution in [0, 0.1) is 0 Å². The maximum atomic E-state index is 12.8. The van der Waals surface area contributed by atoms with Gasteiger partial charge in [-0.05, 0) is 48.7 Å². The minimum Gasteiger partial charge on any atom is -0.355 e. The van der Waals surface area contributed by atoms with Gasteiger partial charge in [0.1, 0.15) is 0 Å². The van der Waals surface area contributed by atoms with Crippen molar-refractivity contribution in [1.29, 1.82) is 0 Å². The van der Waals surface area contributed by atoms with Crippen LogP contribution in [0.25, 0.3) is 0 Å². The maximum Gasteiger partial charge on any atom is 0.417 e. The Labute approximate surface area is 132 Å². The van der Waals surface area contributed by atoms with Gasteiger partial charge in [-0.1, -0.05) is 0 Å². The van der Waals surface area contributed by atoms with Crippen molar-refractivity contribution >= 4 is 23.1 Å². The summed E-state index contributed by atoms with van der Waals surface area (Å²) in [7, 11) is 0. The Balaban J connectivity index is 2.24. The molecule has 0 bridgehead atoms. The van der Waals surface area contributed by atoms with E-state index in [-0.39, 0.29) is 4.90 Å². The molecule has 2 aromatic rings. The summed E-state index contributed by atoms with van der Waals surface area (Å²) in [5.41, 5.74) is -0.824. The van der Waals surface area contributed by atoms with Crippen molar-refractivity contribution in [3.8, 4) is 0 Å². The molecule has 2 aromatic carbocycles. The van der Waals surface area contributed by atoms with E-state index in [1.165, 1.54) is 30.5 Å². The van der Waals surface area contributed by atoms with Gasteiger partial charge in [0.15, 0.2) is 0 Å². The van der Waals surface area contributed by atoms with Gasteiger partial charge < -0.3 is 5.32 Å². The van der Waals surface area contributed by atoms with Gasteiger partial charge in [0.25, 0.3) is 0 Å². The third-order valence-electron chi connectivity index (χ3n) is 3.01. The summed E-state index contributed by atoms with van der Waals surface area (Å²) < 4.78 is 75.8. The minimum absolute atomic E-state index is 0.0365. The molecule has 0 fully saturated rings. The van der Waals surface area contributed by atoms with Crippen LogP contribution in [-0.4, -0.2) is 6.26 Å². The Hall–Kier alpha value is -1.83. The van der Waals surface area contributed by atoms with Crippen molar-refractivity contribution in [2.24, 2.45) is 0 Å². The Morgan fingerprint density at radius 1 is 0.783 bits per heavy atom. The number of anilines is 2. The zero-order chi connectivity index (χ0) is 17.3. The number of hydrogen-bond acceptors (Lipinski definition) is 2. The van der Waals surface area contributed by atoms with E-state index in [1.54, 1.807) is 0 Å². The molecule has 1 nitrogen and oxygen atoms in total. The van der Waals surface area contributed by atoms with E-state index in [1.807, 2.05) is 0 Å². The van der Waals surface area contributed by atoms with E-state index in [4.69, 9.17) is 0 Å². The van der Waals surface area contributed by atoms with Crippen molar-refractivity contribution in [2.45, 2.75) is 17.2 Å². The van der Waals surface area contributed by atoms with E-state index in [2.05, 4.69) is 5.32 Å². The molecule has 1 N–H and O–H groups in total. The molecular weight excluding hydrogens is 340 g/mol. The molecule has 0 saturated heterocycles. The molecule has 0 aliphatic heterocycles. The topological polar surface area (TPSA) is 12.0 Å². The molecule has 0 saturated carbocycles. The number of halogens is 6. The molecule has 0 spiro atoms. The van der Waals surface area contributed by atoms with E-state index >= 15 is 0 Å². The number of benzene rings is 2. The summed E-state index contributed by atoms with van der Waals surface area (Å²) in [6, 6.07) is 7.74. The first kappa shape index (κ1) is 17.5. The van der Waals surface area contributed by atoms with Gasteiger partial charge in [-0.25, -0.2) is 0 Å². The highest BCUT2D eigenvalue weighted by atomic mass is 32.2. The molecule has 23 heavy (non-hydrogen) atoms. The number of hydrogen-bond donors (Lipinski definition) is 1. The van der Waals surface area contributed by atoms with Crippen molar-refractivity contribution in [3.63, 3.8) is 0 Å². The van der Waals surface area contributed by atoms with Gasteiger partial charge in [-0.15, -0.1) is 11.8 Å². The monoisotopic (exact) mass is 351 g/mol. The van der Waals surface area contributed by atoms with Crippen LogP contribution in [0.3, 0.4) is 0 Å². The van der Waals surface area contributed by atoms with Gasteiger partial charge in [0.05, 0.1) is 11.1 Å². The standard InChI is InChI=1S/C15H11F6NS/c1-23-13-8-11(6-7-12(13)15(19,20)21)22-10-4-2-9(3-5-10)14(16,17)18/h2-8,22H,1H3. The number of rotatable bonds is 3. The summed E-state index contributed by atoms with van der Waals surface area (Å²) in [5.74, 6) is 0. The Bertz CT molecular complexity index is 676. The molecule has 0 heterocycles. The van der Waals surface area contributed by atoms with Crippen molar-refractivity contribution in [2.75, 3.05) is 11.6 Å². The van der Waals surface area contributed by atoms with Gasteiger partial charge in [-0.3, -0.25) is 0 Å². The molecule has 0 aliphatic carbocycles. The van der Waals surface area contributed by atoms with Crippen LogP contribution in [0.15, 0.2) is 47.4 Å². The van der Waals surface area contributed by atoms with Crippen molar-refractivity contribution < 1.29 is 26.3 Å². The van der Waals surface area contributed by atoms with Gasteiger partial charge in [-0.2, -0.15) is 26.3 Å². The second kappa shape index (κ2) is 6.35. The largest absolute Gasteiger partial charge is 0.417 e. The minimum atomic E-state index is -4.45. The first-order valence-electron chi connectivity index (χ1n) is 6.31. The molecule has 8 heteroatoms. The highest BCUT2D eigenvalue weighted by Crippen LogP contribution is 2.38. The average molecular weight is 351 g/mol. The third-order valence-corrected chi connectivity index (χ3v) is 3.79. The summed E-state index contributed by atoms with van der Waals surface area (Å²) in [6.45, 7) is 0. The number of alkyl halides is 6. The van der Waals surface area contributed by atoms with E-state index in [0.717, 1.165) is 30.0 Å². The molecular formula is C15H11F6NS. The molecule has 0 unspecified atom stereocenters. The molecule has 2 rings (SSSR count). The van der Waals surface area contributed by atoms with Gasteiger partial charge >= 0.3 is 12.4 Å². The predicted octanol–water partition coefficient (Wildman–Crippen LogP) is 6.19. The Morgan fingerprint density at radius 3 is 1.83 bits per heavy atom. The van der Waals surface area contributed by atoms with Crippen LogP contribution in [0.2, 0.25) is 0 Å². The quantitative estimate of drug-likeness (QED) is 0.523. The SMILES string of the molecule is CSc1cc(Nc2ccc(C(F)(F)F)cc2)ccc1C(F)(F)F. The van der Waals surface area contributed by atoms with Crippen LogP contribution in [0.5, 0.6) is 0 Å². The van der Waals surface area contributed by atoms with Crippen LogP contribution in [-0.2, 0) is 12.4 Å². The second-order valence-electron chi connectivity index (χ2n) is 4.61. The predicted molar refractivity (Wildman–Crippen MR) is 78.0 cm³/mol. The molecule has 0 radical (unpaired) electrons.